The molecule has 1 heterocycles. The summed E-state index contributed by atoms with van der Waals surface area (Å²) < 4.78 is 1.40. The summed E-state index contributed by atoms with van der Waals surface area (Å²) in [6, 6.07) is -0.647. The lowest BCUT2D eigenvalue weighted by Gasteiger charge is -2.06. The van der Waals surface area contributed by atoms with Crippen LogP contribution in [0.1, 0.15) is 24.6 Å². The van der Waals surface area contributed by atoms with Gasteiger partial charge in [-0.05, 0) is 20.8 Å². The third-order valence-electron chi connectivity index (χ3n) is 1.63. The molecule has 12 heavy (non-hydrogen) atoms. The van der Waals surface area contributed by atoms with E-state index in [1.165, 1.54) is 4.68 Å². The Labute approximate surface area is 70.0 Å². The van der Waals surface area contributed by atoms with E-state index in [1.54, 1.807) is 20.8 Å². The van der Waals surface area contributed by atoms with Crippen molar-refractivity contribution in [2.75, 3.05) is 0 Å². The van der Waals surface area contributed by atoms with Crippen molar-refractivity contribution in [3.05, 3.63) is 11.6 Å². The highest BCUT2D eigenvalue weighted by Crippen LogP contribution is 2.06. The normalized spacial score (nSPS) is 12.9. The monoisotopic (exact) mass is 169 g/mol. The minimum atomic E-state index is -0.900. The van der Waals surface area contributed by atoms with E-state index in [-0.39, 0.29) is 0 Å². The second kappa shape index (κ2) is 2.92. The van der Waals surface area contributed by atoms with Gasteiger partial charge in [0.2, 0.25) is 0 Å². The molecule has 0 saturated heterocycles. The topological polar surface area (TPSA) is 68.0 Å². The van der Waals surface area contributed by atoms with Crippen molar-refractivity contribution in [1.82, 2.24) is 14.8 Å². The first-order chi connectivity index (χ1) is 5.52. The summed E-state index contributed by atoms with van der Waals surface area (Å²) >= 11 is 0. The van der Waals surface area contributed by atoms with Crippen LogP contribution in [-0.4, -0.2) is 25.8 Å². The number of rotatable bonds is 2. The van der Waals surface area contributed by atoms with Gasteiger partial charge in [0, 0.05) is 0 Å². The van der Waals surface area contributed by atoms with Crippen molar-refractivity contribution in [2.24, 2.45) is 0 Å². The van der Waals surface area contributed by atoms with Crippen LogP contribution in [0.5, 0.6) is 0 Å². The molecule has 0 aliphatic rings. The quantitative estimate of drug-likeness (QED) is 0.701. The third kappa shape index (κ3) is 1.44. The van der Waals surface area contributed by atoms with E-state index in [0.717, 1.165) is 0 Å². The second-order valence-electron chi connectivity index (χ2n) is 2.67. The molecule has 0 aliphatic carbocycles. The molecule has 0 unspecified atom stereocenters. The molecule has 66 valence electrons. The molecule has 5 heteroatoms. The maximum absolute atomic E-state index is 10.6. The standard InChI is InChI=1S/C7H11N3O2/c1-4(7(11)12)10-6(3)8-5(2)9-10/h4H,1-3H3,(H,11,12)/t4-/m0/s1. The molecule has 0 aliphatic heterocycles. The number of aryl methyl sites for hydroxylation is 2. The molecule has 0 aromatic carbocycles. The van der Waals surface area contributed by atoms with Crippen molar-refractivity contribution in [2.45, 2.75) is 26.8 Å². The van der Waals surface area contributed by atoms with Crippen LogP contribution in [0.4, 0.5) is 0 Å². The van der Waals surface area contributed by atoms with Gasteiger partial charge in [-0.1, -0.05) is 0 Å². The van der Waals surface area contributed by atoms with Crippen LogP contribution < -0.4 is 0 Å². The summed E-state index contributed by atoms with van der Waals surface area (Å²) in [6.07, 6.45) is 0. The first kappa shape index (κ1) is 8.70. The van der Waals surface area contributed by atoms with Gasteiger partial charge in [-0.25, -0.2) is 14.5 Å². The average Bonchev–Trinajstić information content (AvgIpc) is 2.28. The van der Waals surface area contributed by atoms with Gasteiger partial charge >= 0.3 is 5.97 Å². The fourth-order valence-corrected chi connectivity index (χ4v) is 1.01. The minimum Gasteiger partial charge on any atom is -0.480 e. The number of hydrogen-bond acceptors (Lipinski definition) is 3. The van der Waals surface area contributed by atoms with Crippen molar-refractivity contribution < 1.29 is 9.90 Å². The van der Waals surface area contributed by atoms with E-state index in [2.05, 4.69) is 10.1 Å². The van der Waals surface area contributed by atoms with Crippen molar-refractivity contribution in [1.29, 1.82) is 0 Å². The van der Waals surface area contributed by atoms with Gasteiger partial charge < -0.3 is 5.11 Å². The van der Waals surface area contributed by atoms with Gasteiger partial charge in [-0.3, -0.25) is 0 Å². The fourth-order valence-electron chi connectivity index (χ4n) is 1.01. The summed E-state index contributed by atoms with van der Waals surface area (Å²) in [4.78, 5) is 14.6. The van der Waals surface area contributed by atoms with E-state index >= 15 is 0 Å². The Kier molecular flexibility index (Phi) is 2.12. The van der Waals surface area contributed by atoms with E-state index in [1.807, 2.05) is 0 Å². The number of carboxylic acid groups (broad SMARTS) is 1. The third-order valence-corrected chi connectivity index (χ3v) is 1.63. The molecule has 0 amide bonds. The average molecular weight is 169 g/mol. The number of aromatic nitrogens is 3. The van der Waals surface area contributed by atoms with Gasteiger partial charge in [0.05, 0.1) is 0 Å². The maximum atomic E-state index is 10.6. The Morgan fingerprint density at radius 1 is 1.58 bits per heavy atom. The highest BCUT2D eigenvalue weighted by Gasteiger charge is 2.16. The zero-order chi connectivity index (χ0) is 9.30. The van der Waals surface area contributed by atoms with Crippen LogP contribution in [0.25, 0.3) is 0 Å². The Balaban J connectivity index is 3.02. The summed E-state index contributed by atoms with van der Waals surface area (Å²) in [5.41, 5.74) is 0. The van der Waals surface area contributed by atoms with Crippen molar-refractivity contribution >= 4 is 5.97 Å². The molecule has 0 saturated carbocycles. The highest BCUT2D eigenvalue weighted by atomic mass is 16.4. The molecule has 5 nitrogen and oxygen atoms in total. The van der Waals surface area contributed by atoms with Gasteiger partial charge in [0.1, 0.15) is 17.7 Å². The maximum Gasteiger partial charge on any atom is 0.328 e. The molecular formula is C7H11N3O2. The number of nitrogens with zero attached hydrogens (tertiary/aromatic N) is 3. The number of aliphatic carboxylic acids is 1. The van der Waals surface area contributed by atoms with E-state index in [4.69, 9.17) is 5.11 Å². The predicted octanol–water partition coefficient (Wildman–Crippen LogP) is 0.541. The van der Waals surface area contributed by atoms with Crippen molar-refractivity contribution in [3.8, 4) is 0 Å². The molecule has 1 aromatic rings. The zero-order valence-corrected chi connectivity index (χ0v) is 7.27. The van der Waals surface area contributed by atoms with E-state index in [0.29, 0.717) is 11.6 Å². The van der Waals surface area contributed by atoms with Crippen molar-refractivity contribution in [3.63, 3.8) is 0 Å². The first-order valence-electron chi connectivity index (χ1n) is 3.65. The van der Waals surface area contributed by atoms with Crippen LogP contribution in [-0.2, 0) is 4.79 Å². The lowest BCUT2D eigenvalue weighted by atomic mass is 10.3. The zero-order valence-electron chi connectivity index (χ0n) is 7.27. The molecule has 1 rings (SSSR count). The van der Waals surface area contributed by atoms with E-state index in [9.17, 15) is 4.79 Å². The molecule has 0 spiro atoms. The largest absolute Gasteiger partial charge is 0.480 e. The molecule has 0 bridgehead atoms. The lowest BCUT2D eigenvalue weighted by Crippen LogP contribution is -2.18. The van der Waals surface area contributed by atoms with Crippen LogP contribution in [0.15, 0.2) is 0 Å². The molecule has 0 radical (unpaired) electrons. The van der Waals surface area contributed by atoms with Gasteiger partial charge in [-0.2, -0.15) is 5.10 Å². The molecular weight excluding hydrogens is 158 g/mol. The summed E-state index contributed by atoms with van der Waals surface area (Å²) in [7, 11) is 0. The predicted molar refractivity (Wildman–Crippen MR) is 41.8 cm³/mol. The van der Waals surface area contributed by atoms with Crippen LogP contribution in [0, 0.1) is 13.8 Å². The molecule has 1 aromatic heterocycles. The Hall–Kier alpha value is -1.39. The van der Waals surface area contributed by atoms with Gasteiger partial charge in [0.25, 0.3) is 0 Å². The molecule has 0 fully saturated rings. The molecule has 1 atom stereocenters. The number of carboxylic acids is 1. The number of carbonyl (C=O) groups is 1. The smallest absolute Gasteiger partial charge is 0.328 e. The highest BCUT2D eigenvalue weighted by molar-refractivity contribution is 5.71. The Bertz CT molecular complexity index is 306. The van der Waals surface area contributed by atoms with Crippen LogP contribution in [0.2, 0.25) is 0 Å². The Morgan fingerprint density at radius 3 is 2.50 bits per heavy atom. The molecule has 1 N–H and O–H groups in total. The first-order valence-corrected chi connectivity index (χ1v) is 3.65. The summed E-state index contributed by atoms with van der Waals surface area (Å²) in [6.45, 7) is 5.04. The summed E-state index contributed by atoms with van der Waals surface area (Å²) in [5.74, 6) is 0.325. The lowest BCUT2D eigenvalue weighted by molar-refractivity contribution is -0.140. The van der Waals surface area contributed by atoms with Gasteiger partial charge in [0.15, 0.2) is 0 Å². The SMILES string of the molecule is Cc1nc(C)n([C@@H](C)C(=O)O)n1. The Morgan fingerprint density at radius 2 is 2.17 bits per heavy atom. The second-order valence-corrected chi connectivity index (χ2v) is 2.67. The van der Waals surface area contributed by atoms with Crippen LogP contribution >= 0.6 is 0 Å². The van der Waals surface area contributed by atoms with Gasteiger partial charge in [-0.15, -0.1) is 0 Å². The minimum absolute atomic E-state index is 0.598. The number of hydrogen-bond donors (Lipinski definition) is 1. The summed E-state index contributed by atoms with van der Waals surface area (Å²) in [5, 5.41) is 12.6. The fraction of sp³-hybridized carbons (Fsp3) is 0.571. The van der Waals surface area contributed by atoms with E-state index < -0.39 is 12.0 Å². The van der Waals surface area contributed by atoms with Crippen LogP contribution in [0.3, 0.4) is 0 Å².